The Balaban J connectivity index is 1.26. The van der Waals surface area contributed by atoms with Crippen molar-refractivity contribution in [1.82, 2.24) is 15.6 Å². The normalized spacial score (nSPS) is 16.9. The van der Waals surface area contributed by atoms with Gasteiger partial charge in [-0.25, -0.2) is 9.78 Å². The summed E-state index contributed by atoms with van der Waals surface area (Å²) in [6.07, 6.45) is 2.76. The quantitative estimate of drug-likeness (QED) is 0.209. The maximum absolute atomic E-state index is 12.9. The summed E-state index contributed by atoms with van der Waals surface area (Å²) in [5, 5.41) is 20.2. The fraction of sp³-hybridized carbons (Fsp3) is 0.471. The van der Waals surface area contributed by atoms with E-state index < -0.39 is 28.9 Å². The van der Waals surface area contributed by atoms with Crippen LogP contribution < -0.4 is 16.0 Å². The molecule has 0 radical (unpaired) electrons. The first-order chi connectivity index (χ1) is 21.3. The van der Waals surface area contributed by atoms with Crippen molar-refractivity contribution in [1.29, 1.82) is 0 Å². The molecule has 0 unspecified atom stereocenters. The number of benzene rings is 2. The van der Waals surface area contributed by atoms with E-state index in [1.165, 1.54) is 11.3 Å². The molecule has 0 aliphatic heterocycles. The van der Waals surface area contributed by atoms with E-state index in [1.807, 2.05) is 70.3 Å². The molecule has 4 rings (SSSR count). The van der Waals surface area contributed by atoms with Crippen LogP contribution in [0.25, 0.3) is 11.3 Å². The van der Waals surface area contributed by atoms with Crippen LogP contribution in [-0.2, 0) is 26.3 Å². The average molecular weight is 637 g/mol. The Morgan fingerprint density at radius 1 is 1.00 bits per heavy atom. The standard InChI is InChI=1S/C34H44N4O6S/c1-33(2,3)38-32(42)44-21-34(4,5)25-11-7-10-24(17-25)30(41)35-18-29(40)37-31-36-28(20-45-31)23-9-6-8-22(16-23)19-43-27-14-12-26(39)13-15-27/h6-11,16-17,20,26-27,39H,12-15,18-19,21H2,1-5H3,(H,35,41)(H,38,42)(H,36,37,40). The van der Waals surface area contributed by atoms with Crippen molar-refractivity contribution < 1.29 is 29.0 Å². The Morgan fingerprint density at radius 3 is 2.47 bits per heavy atom. The van der Waals surface area contributed by atoms with Gasteiger partial charge >= 0.3 is 6.09 Å². The largest absolute Gasteiger partial charge is 0.449 e. The second kappa shape index (κ2) is 15.0. The molecule has 45 heavy (non-hydrogen) atoms. The fourth-order valence-corrected chi connectivity index (χ4v) is 5.63. The molecule has 1 aliphatic carbocycles. The van der Waals surface area contributed by atoms with Crippen molar-refractivity contribution in [2.45, 2.75) is 90.1 Å². The van der Waals surface area contributed by atoms with E-state index in [9.17, 15) is 19.5 Å². The van der Waals surface area contributed by atoms with Crippen LogP contribution in [0.3, 0.4) is 0 Å². The summed E-state index contributed by atoms with van der Waals surface area (Å²) in [4.78, 5) is 42.2. The highest BCUT2D eigenvalue weighted by Crippen LogP contribution is 2.27. The molecule has 2 aromatic carbocycles. The molecule has 1 saturated carbocycles. The molecule has 242 valence electrons. The Kier molecular flexibility index (Phi) is 11.4. The third kappa shape index (κ3) is 10.7. The minimum absolute atomic E-state index is 0.127. The van der Waals surface area contributed by atoms with Gasteiger partial charge in [0.2, 0.25) is 5.91 Å². The van der Waals surface area contributed by atoms with E-state index in [0.717, 1.165) is 48.1 Å². The van der Waals surface area contributed by atoms with E-state index in [0.29, 0.717) is 17.3 Å². The van der Waals surface area contributed by atoms with Gasteiger partial charge in [-0.05, 0) is 75.8 Å². The van der Waals surface area contributed by atoms with Gasteiger partial charge in [-0.15, -0.1) is 11.3 Å². The van der Waals surface area contributed by atoms with Gasteiger partial charge in [0, 0.05) is 27.5 Å². The lowest BCUT2D eigenvalue weighted by atomic mass is 9.84. The summed E-state index contributed by atoms with van der Waals surface area (Å²) in [6.45, 7) is 9.88. The highest BCUT2D eigenvalue weighted by molar-refractivity contribution is 7.14. The monoisotopic (exact) mass is 636 g/mol. The molecule has 3 amide bonds. The van der Waals surface area contributed by atoms with Gasteiger partial charge in [-0.1, -0.05) is 44.2 Å². The summed E-state index contributed by atoms with van der Waals surface area (Å²) in [5.41, 5.74) is 2.96. The van der Waals surface area contributed by atoms with Crippen LogP contribution in [0, 0.1) is 0 Å². The Bertz CT molecular complexity index is 1470. The summed E-state index contributed by atoms with van der Waals surface area (Å²) >= 11 is 1.31. The van der Waals surface area contributed by atoms with E-state index in [1.54, 1.807) is 18.2 Å². The number of anilines is 1. The number of aromatic nitrogens is 1. The number of carbonyl (C=O) groups excluding carboxylic acids is 3. The number of ether oxygens (including phenoxy) is 2. The number of carbonyl (C=O) groups is 3. The summed E-state index contributed by atoms with van der Waals surface area (Å²) in [5.74, 6) is -0.781. The van der Waals surface area contributed by atoms with Gasteiger partial charge in [-0.2, -0.15) is 0 Å². The molecule has 3 aromatic rings. The topological polar surface area (TPSA) is 139 Å². The van der Waals surface area contributed by atoms with Crippen LogP contribution >= 0.6 is 11.3 Å². The molecule has 1 fully saturated rings. The number of nitrogens with zero attached hydrogens (tertiary/aromatic N) is 1. The third-order valence-corrected chi connectivity index (χ3v) is 8.22. The van der Waals surface area contributed by atoms with Crippen molar-refractivity contribution in [2.24, 2.45) is 0 Å². The second-order valence-electron chi connectivity index (χ2n) is 13.1. The first-order valence-electron chi connectivity index (χ1n) is 15.3. The molecule has 10 nitrogen and oxygen atoms in total. The second-order valence-corrected chi connectivity index (χ2v) is 14.0. The lowest BCUT2D eigenvalue weighted by Gasteiger charge is -2.27. The number of rotatable bonds is 11. The average Bonchev–Trinajstić information content (AvgIpc) is 3.46. The molecule has 1 aliphatic rings. The first-order valence-corrected chi connectivity index (χ1v) is 16.1. The van der Waals surface area contributed by atoms with Crippen LogP contribution in [0.5, 0.6) is 0 Å². The number of alkyl carbamates (subject to hydrolysis) is 1. The van der Waals surface area contributed by atoms with Crippen LogP contribution in [0.4, 0.5) is 9.93 Å². The van der Waals surface area contributed by atoms with Gasteiger partial charge < -0.3 is 30.5 Å². The van der Waals surface area contributed by atoms with E-state index in [-0.39, 0.29) is 25.4 Å². The zero-order valence-corrected chi connectivity index (χ0v) is 27.5. The van der Waals surface area contributed by atoms with E-state index >= 15 is 0 Å². The van der Waals surface area contributed by atoms with E-state index in [2.05, 4.69) is 20.9 Å². The SMILES string of the molecule is CC(C)(C)NC(=O)OCC(C)(C)c1cccc(C(=O)NCC(=O)Nc2nc(-c3cccc(COC4CCC(O)CC4)c3)cs2)c1. The van der Waals surface area contributed by atoms with Crippen LogP contribution in [0.15, 0.2) is 53.9 Å². The highest BCUT2D eigenvalue weighted by atomic mass is 32.1. The Labute approximate surface area is 268 Å². The minimum Gasteiger partial charge on any atom is -0.449 e. The van der Waals surface area contributed by atoms with Gasteiger partial charge in [0.25, 0.3) is 5.91 Å². The predicted octanol–water partition coefficient (Wildman–Crippen LogP) is 5.80. The van der Waals surface area contributed by atoms with Crippen molar-refractivity contribution >= 4 is 34.4 Å². The molecule has 0 saturated heterocycles. The molecular formula is C34H44N4O6S. The Hall–Kier alpha value is -3.80. The lowest BCUT2D eigenvalue weighted by molar-refractivity contribution is -0.115. The molecule has 11 heteroatoms. The maximum Gasteiger partial charge on any atom is 0.407 e. The van der Waals surface area contributed by atoms with Crippen molar-refractivity contribution in [3.05, 3.63) is 70.6 Å². The highest BCUT2D eigenvalue weighted by Gasteiger charge is 2.25. The van der Waals surface area contributed by atoms with Crippen LogP contribution in [0.1, 0.15) is 81.8 Å². The van der Waals surface area contributed by atoms with Crippen LogP contribution in [-0.4, -0.2) is 58.9 Å². The fourth-order valence-electron chi connectivity index (χ4n) is 4.89. The first kappa shape index (κ1) is 34.1. The molecule has 0 atom stereocenters. The van der Waals surface area contributed by atoms with Crippen molar-refractivity contribution in [2.75, 3.05) is 18.5 Å². The van der Waals surface area contributed by atoms with Crippen molar-refractivity contribution in [3.63, 3.8) is 0 Å². The number of thiazole rings is 1. The van der Waals surface area contributed by atoms with Gasteiger partial charge in [0.1, 0.15) is 6.61 Å². The number of hydrogen-bond acceptors (Lipinski definition) is 8. The van der Waals surface area contributed by atoms with Gasteiger partial charge in [0.15, 0.2) is 5.13 Å². The number of amides is 3. The number of nitrogens with one attached hydrogen (secondary N) is 3. The summed E-state index contributed by atoms with van der Waals surface area (Å²) in [7, 11) is 0. The molecule has 0 spiro atoms. The minimum atomic E-state index is -0.544. The van der Waals surface area contributed by atoms with Gasteiger partial charge in [0.05, 0.1) is 31.1 Å². The zero-order valence-electron chi connectivity index (χ0n) is 26.6. The zero-order chi connectivity index (χ0) is 32.6. The molecule has 1 aromatic heterocycles. The van der Waals surface area contributed by atoms with Crippen LogP contribution in [0.2, 0.25) is 0 Å². The molecule has 4 N–H and O–H groups in total. The van der Waals surface area contributed by atoms with Crippen molar-refractivity contribution in [3.8, 4) is 11.3 Å². The Morgan fingerprint density at radius 2 is 1.73 bits per heavy atom. The maximum atomic E-state index is 12.9. The van der Waals surface area contributed by atoms with E-state index in [4.69, 9.17) is 9.47 Å². The number of hydrogen-bond donors (Lipinski definition) is 4. The predicted molar refractivity (Wildman–Crippen MR) is 175 cm³/mol. The number of aliphatic hydroxyl groups is 1. The van der Waals surface area contributed by atoms with Gasteiger partial charge in [-0.3, -0.25) is 9.59 Å². The smallest absolute Gasteiger partial charge is 0.407 e. The molecule has 1 heterocycles. The molecule has 0 bridgehead atoms. The third-order valence-electron chi connectivity index (χ3n) is 7.46. The summed E-state index contributed by atoms with van der Waals surface area (Å²) in [6, 6.07) is 15.0. The lowest BCUT2D eigenvalue weighted by Crippen LogP contribution is -2.42. The molecular weight excluding hydrogens is 592 g/mol. The number of aliphatic hydroxyl groups excluding tert-OH is 1. The summed E-state index contributed by atoms with van der Waals surface area (Å²) < 4.78 is 11.5.